The summed E-state index contributed by atoms with van der Waals surface area (Å²) in [7, 11) is 0. The Labute approximate surface area is 50.0 Å². The van der Waals surface area contributed by atoms with Gasteiger partial charge in [0.2, 0.25) is 0 Å². The first-order valence-corrected chi connectivity index (χ1v) is 3.17. The van der Waals surface area contributed by atoms with E-state index in [0.29, 0.717) is 5.25 Å². The minimum Gasteiger partial charge on any atom is -0.172 e. The lowest BCUT2D eigenvalue weighted by molar-refractivity contribution is 0.711. The topological polar surface area (TPSA) is 0 Å². The average Bonchev–Trinajstić information content (AvgIpc) is 1.87. The lowest BCUT2D eigenvalue weighted by Crippen LogP contribution is -1.89. The zero-order valence-corrected chi connectivity index (χ0v) is 5.36. The number of hydrogen-bond acceptors (Lipinski definition) is 1. The van der Waals surface area contributed by atoms with E-state index >= 15 is 0 Å². The van der Waals surface area contributed by atoms with Crippen molar-refractivity contribution in [1.29, 1.82) is 0 Å². The molecule has 0 saturated carbocycles. The van der Waals surface area contributed by atoms with Crippen LogP contribution in [0.15, 0.2) is 12.2 Å². The highest BCUT2D eigenvalue weighted by atomic mass is 32.1. The van der Waals surface area contributed by atoms with Gasteiger partial charge in [0.1, 0.15) is 0 Å². The maximum atomic E-state index is 4.26. The van der Waals surface area contributed by atoms with E-state index in [1.807, 2.05) is 0 Å². The molecule has 0 bridgehead atoms. The molecule has 0 aliphatic heterocycles. The van der Waals surface area contributed by atoms with E-state index in [4.69, 9.17) is 0 Å². The van der Waals surface area contributed by atoms with E-state index in [0.717, 1.165) is 5.92 Å². The summed E-state index contributed by atoms with van der Waals surface area (Å²) in [6.07, 6.45) is 5.61. The van der Waals surface area contributed by atoms with E-state index in [1.165, 1.54) is 6.42 Å². The minimum absolute atomic E-state index is 0.537. The molecule has 40 valence electrons. The summed E-state index contributed by atoms with van der Waals surface area (Å²) in [5.41, 5.74) is 0. The van der Waals surface area contributed by atoms with Crippen molar-refractivity contribution in [3.8, 4) is 0 Å². The van der Waals surface area contributed by atoms with Crippen molar-refractivity contribution >= 4 is 12.6 Å². The fourth-order valence-electron chi connectivity index (χ4n) is 0.856. The second-order valence-electron chi connectivity index (χ2n) is 2.17. The Bertz CT molecular complexity index is 76.2. The fourth-order valence-corrected chi connectivity index (χ4v) is 1.29. The van der Waals surface area contributed by atoms with E-state index in [2.05, 4.69) is 31.7 Å². The first-order chi connectivity index (χ1) is 3.29. The van der Waals surface area contributed by atoms with E-state index < -0.39 is 0 Å². The molecule has 0 nitrogen and oxygen atoms in total. The molecule has 1 aliphatic carbocycles. The minimum atomic E-state index is 0.537. The molecule has 0 aromatic rings. The molecule has 0 amide bonds. The standard InChI is InChI=1S/C6H10S/c1-5-2-3-6(7)4-5/h2-3,5-7H,4H2,1H3/t5-,6?/m1/s1. The highest BCUT2D eigenvalue weighted by molar-refractivity contribution is 7.81. The van der Waals surface area contributed by atoms with Gasteiger partial charge in [-0.1, -0.05) is 19.1 Å². The van der Waals surface area contributed by atoms with E-state index in [-0.39, 0.29) is 0 Å². The average molecular weight is 114 g/mol. The predicted molar refractivity (Wildman–Crippen MR) is 35.7 cm³/mol. The van der Waals surface area contributed by atoms with Gasteiger partial charge in [0.05, 0.1) is 0 Å². The summed E-state index contributed by atoms with van der Waals surface area (Å²) >= 11 is 4.26. The molecule has 2 atom stereocenters. The lowest BCUT2D eigenvalue weighted by Gasteiger charge is -1.96. The second kappa shape index (κ2) is 1.91. The Morgan fingerprint density at radius 3 is 2.43 bits per heavy atom. The van der Waals surface area contributed by atoms with Gasteiger partial charge in [-0.05, 0) is 12.3 Å². The highest BCUT2D eigenvalue weighted by Gasteiger charge is 2.09. The van der Waals surface area contributed by atoms with Crippen LogP contribution in [0.3, 0.4) is 0 Å². The third-order valence-electron chi connectivity index (χ3n) is 1.28. The van der Waals surface area contributed by atoms with Crippen LogP contribution in [0.2, 0.25) is 0 Å². The van der Waals surface area contributed by atoms with Crippen molar-refractivity contribution in [3.63, 3.8) is 0 Å². The molecule has 1 rings (SSSR count). The van der Waals surface area contributed by atoms with Gasteiger partial charge in [-0.15, -0.1) is 0 Å². The molecule has 0 heterocycles. The Balaban J connectivity index is 2.42. The Kier molecular flexibility index (Phi) is 1.43. The molecule has 1 heteroatoms. The van der Waals surface area contributed by atoms with Crippen molar-refractivity contribution in [2.45, 2.75) is 18.6 Å². The van der Waals surface area contributed by atoms with Gasteiger partial charge in [0.15, 0.2) is 0 Å². The third kappa shape index (κ3) is 1.23. The van der Waals surface area contributed by atoms with Crippen LogP contribution < -0.4 is 0 Å². The fraction of sp³-hybridized carbons (Fsp3) is 0.667. The summed E-state index contributed by atoms with van der Waals surface area (Å²) < 4.78 is 0. The lowest BCUT2D eigenvalue weighted by atomic mass is 10.2. The molecule has 0 fully saturated rings. The van der Waals surface area contributed by atoms with Crippen molar-refractivity contribution in [3.05, 3.63) is 12.2 Å². The molecule has 0 aromatic heterocycles. The second-order valence-corrected chi connectivity index (χ2v) is 2.83. The van der Waals surface area contributed by atoms with Gasteiger partial charge in [-0.2, -0.15) is 12.6 Å². The Hall–Kier alpha value is 0.0900. The van der Waals surface area contributed by atoms with Crippen LogP contribution >= 0.6 is 12.6 Å². The Morgan fingerprint density at radius 2 is 2.29 bits per heavy atom. The monoisotopic (exact) mass is 114 g/mol. The maximum Gasteiger partial charge on any atom is 0.0202 e. The molecule has 0 spiro atoms. The van der Waals surface area contributed by atoms with E-state index in [9.17, 15) is 0 Å². The predicted octanol–water partition coefficient (Wildman–Crippen LogP) is 1.88. The van der Waals surface area contributed by atoms with Gasteiger partial charge in [0.25, 0.3) is 0 Å². The van der Waals surface area contributed by atoms with Gasteiger partial charge in [-0.25, -0.2) is 0 Å². The van der Waals surface area contributed by atoms with Crippen LogP contribution in [0.1, 0.15) is 13.3 Å². The van der Waals surface area contributed by atoms with Crippen molar-refractivity contribution in [1.82, 2.24) is 0 Å². The number of thiol groups is 1. The van der Waals surface area contributed by atoms with E-state index in [1.54, 1.807) is 0 Å². The molecule has 0 N–H and O–H groups in total. The van der Waals surface area contributed by atoms with Crippen molar-refractivity contribution < 1.29 is 0 Å². The summed E-state index contributed by atoms with van der Waals surface area (Å²) in [5, 5.41) is 0.537. The SMILES string of the molecule is C[C@@H]1C=CC(S)C1. The van der Waals surface area contributed by atoms with Gasteiger partial charge in [0, 0.05) is 5.25 Å². The first-order valence-electron chi connectivity index (χ1n) is 2.65. The molecule has 0 saturated heterocycles. The zero-order chi connectivity index (χ0) is 5.28. The molecule has 1 unspecified atom stereocenters. The zero-order valence-electron chi connectivity index (χ0n) is 4.46. The number of rotatable bonds is 0. The van der Waals surface area contributed by atoms with Crippen LogP contribution in [0.5, 0.6) is 0 Å². The summed E-state index contributed by atoms with van der Waals surface area (Å²) in [6, 6.07) is 0. The van der Waals surface area contributed by atoms with Gasteiger partial charge >= 0.3 is 0 Å². The summed E-state index contributed by atoms with van der Waals surface area (Å²) in [4.78, 5) is 0. The Morgan fingerprint density at radius 1 is 1.57 bits per heavy atom. The highest BCUT2D eigenvalue weighted by Crippen LogP contribution is 2.20. The van der Waals surface area contributed by atoms with Crippen LogP contribution in [-0.4, -0.2) is 5.25 Å². The first kappa shape index (κ1) is 5.23. The van der Waals surface area contributed by atoms with Crippen molar-refractivity contribution in [2.24, 2.45) is 5.92 Å². The molecular weight excluding hydrogens is 104 g/mol. The summed E-state index contributed by atoms with van der Waals surface area (Å²) in [5.74, 6) is 0.766. The maximum absolute atomic E-state index is 4.26. The van der Waals surface area contributed by atoms with Gasteiger partial charge < -0.3 is 0 Å². The van der Waals surface area contributed by atoms with Crippen LogP contribution in [0.4, 0.5) is 0 Å². The molecular formula is C6H10S. The van der Waals surface area contributed by atoms with Gasteiger partial charge in [-0.3, -0.25) is 0 Å². The van der Waals surface area contributed by atoms with Crippen LogP contribution in [0, 0.1) is 5.92 Å². The molecule has 0 aromatic carbocycles. The number of hydrogen-bond donors (Lipinski definition) is 1. The smallest absolute Gasteiger partial charge is 0.0202 e. The molecule has 0 radical (unpaired) electrons. The van der Waals surface area contributed by atoms with Crippen LogP contribution in [0.25, 0.3) is 0 Å². The largest absolute Gasteiger partial charge is 0.172 e. The molecule has 1 aliphatic rings. The summed E-state index contributed by atoms with van der Waals surface area (Å²) in [6.45, 7) is 2.22. The van der Waals surface area contributed by atoms with Crippen LogP contribution in [-0.2, 0) is 0 Å². The van der Waals surface area contributed by atoms with Crippen molar-refractivity contribution in [2.75, 3.05) is 0 Å². The molecule has 7 heavy (non-hydrogen) atoms. The normalized spacial score (nSPS) is 39.7. The number of allylic oxidation sites excluding steroid dienone is 1. The third-order valence-corrected chi connectivity index (χ3v) is 1.66. The quantitative estimate of drug-likeness (QED) is 0.361.